The summed E-state index contributed by atoms with van der Waals surface area (Å²) in [7, 11) is 1.91. The van der Waals surface area contributed by atoms with Crippen LogP contribution < -0.4 is 10.6 Å². The molecule has 1 atom stereocenters. The minimum absolute atomic E-state index is 0.0993. The van der Waals surface area contributed by atoms with Gasteiger partial charge in [0.25, 0.3) is 0 Å². The van der Waals surface area contributed by atoms with Crippen molar-refractivity contribution in [3.8, 4) is 0 Å². The largest absolute Gasteiger partial charge is 0.397 e. The van der Waals surface area contributed by atoms with Gasteiger partial charge in [-0.25, -0.2) is 4.39 Å². The van der Waals surface area contributed by atoms with Gasteiger partial charge in [-0.2, -0.15) is 0 Å². The number of halogens is 2. The second-order valence-electron chi connectivity index (χ2n) is 4.51. The molecule has 0 aliphatic heterocycles. The normalized spacial score (nSPS) is 12.2. The second kappa shape index (κ2) is 5.61. The highest BCUT2D eigenvalue weighted by atomic mass is 79.9. The number of nitrogen functional groups attached to an aromatic ring is 1. The first kappa shape index (κ1) is 13.9. The van der Waals surface area contributed by atoms with Gasteiger partial charge in [-0.1, -0.05) is 34.1 Å². The third-order valence-electron chi connectivity index (χ3n) is 3.31. The van der Waals surface area contributed by atoms with E-state index >= 15 is 0 Å². The van der Waals surface area contributed by atoms with E-state index in [1.807, 2.05) is 43.1 Å². The molecular weight excluding hydrogens is 307 g/mol. The molecule has 0 aliphatic carbocycles. The molecule has 0 saturated carbocycles. The van der Waals surface area contributed by atoms with Crippen LogP contribution in [0.25, 0.3) is 0 Å². The predicted octanol–water partition coefficient (Wildman–Crippen LogP) is 4.37. The molecule has 0 spiro atoms. The second-order valence-corrected chi connectivity index (χ2v) is 5.43. The van der Waals surface area contributed by atoms with E-state index in [0.717, 1.165) is 10.2 Å². The summed E-state index contributed by atoms with van der Waals surface area (Å²) >= 11 is 3.43. The smallest absolute Gasteiger partial charge is 0.128 e. The lowest BCUT2D eigenvalue weighted by atomic mass is 10.1. The molecule has 4 heteroatoms. The molecule has 0 fully saturated rings. The number of anilines is 2. The van der Waals surface area contributed by atoms with Crippen LogP contribution in [-0.4, -0.2) is 7.05 Å². The molecule has 0 aromatic heterocycles. The van der Waals surface area contributed by atoms with E-state index in [1.165, 1.54) is 6.07 Å². The summed E-state index contributed by atoms with van der Waals surface area (Å²) in [6.07, 6.45) is 0. The summed E-state index contributed by atoms with van der Waals surface area (Å²) in [6, 6.07) is 12.4. The van der Waals surface area contributed by atoms with Crippen molar-refractivity contribution >= 4 is 27.3 Å². The Morgan fingerprint density at radius 1 is 1.21 bits per heavy atom. The van der Waals surface area contributed by atoms with Crippen molar-refractivity contribution in [2.75, 3.05) is 17.7 Å². The number of hydrogen-bond donors (Lipinski definition) is 1. The minimum Gasteiger partial charge on any atom is -0.397 e. The number of hydrogen-bond acceptors (Lipinski definition) is 2. The Morgan fingerprint density at radius 3 is 2.58 bits per heavy atom. The first-order valence-corrected chi connectivity index (χ1v) is 6.82. The summed E-state index contributed by atoms with van der Waals surface area (Å²) in [5.41, 5.74) is 8.20. The number of rotatable bonds is 3. The van der Waals surface area contributed by atoms with E-state index in [0.29, 0.717) is 11.3 Å². The molecule has 100 valence electrons. The molecule has 0 heterocycles. The molecule has 2 aromatic rings. The third kappa shape index (κ3) is 2.89. The molecule has 0 radical (unpaired) electrons. The lowest BCUT2D eigenvalue weighted by Crippen LogP contribution is -2.23. The maximum atomic E-state index is 13.8. The monoisotopic (exact) mass is 322 g/mol. The minimum atomic E-state index is -0.199. The quantitative estimate of drug-likeness (QED) is 0.850. The molecular formula is C15H16BrFN2. The first-order valence-electron chi connectivity index (χ1n) is 6.03. The first-order chi connectivity index (χ1) is 9.00. The summed E-state index contributed by atoms with van der Waals surface area (Å²) in [5, 5.41) is 0. The zero-order chi connectivity index (χ0) is 14.0. The van der Waals surface area contributed by atoms with Crippen LogP contribution in [0.1, 0.15) is 18.5 Å². The van der Waals surface area contributed by atoms with Gasteiger partial charge in [0.1, 0.15) is 5.82 Å². The van der Waals surface area contributed by atoms with Gasteiger partial charge in [0, 0.05) is 17.1 Å². The van der Waals surface area contributed by atoms with Gasteiger partial charge in [0.05, 0.1) is 17.4 Å². The van der Waals surface area contributed by atoms with Crippen molar-refractivity contribution < 1.29 is 4.39 Å². The maximum absolute atomic E-state index is 13.8. The van der Waals surface area contributed by atoms with Crippen LogP contribution in [0.5, 0.6) is 0 Å². The molecule has 2 nitrogen and oxygen atoms in total. The Bertz CT molecular complexity index is 586. The zero-order valence-corrected chi connectivity index (χ0v) is 12.5. The van der Waals surface area contributed by atoms with Gasteiger partial charge in [0.15, 0.2) is 0 Å². The average Bonchev–Trinajstić information content (AvgIpc) is 2.40. The lowest BCUT2D eigenvalue weighted by molar-refractivity contribution is 0.585. The Balaban J connectivity index is 2.36. The van der Waals surface area contributed by atoms with Crippen molar-refractivity contribution in [1.29, 1.82) is 0 Å². The standard InChI is InChI=1S/C15H16BrFN2/c1-10(12-5-3-4-6-13(12)17)19(2)15-9-11(16)7-8-14(15)18/h3-10H,18H2,1-2H3. The van der Waals surface area contributed by atoms with Gasteiger partial charge in [0.2, 0.25) is 0 Å². The fraction of sp³-hybridized carbons (Fsp3) is 0.200. The van der Waals surface area contributed by atoms with Crippen LogP contribution >= 0.6 is 15.9 Å². The topological polar surface area (TPSA) is 29.3 Å². The van der Waals surface area contributed by atoms with Gasteiger partial charge >= 0.3 is 0 Å². The van der Waals surface area contributed by atoms with Gasteiger partial charge in [-0.3, -0.25) is 0 Å². The van der Waals surface area contributed by atoms with Crippen LogP contribution in [-0.2, 0) is 0 Å². The Labute approximate surface area is 121 Å². The van der Waals surface area contributed by atoms with E-state index in [1.54, 1.807) is 12.1 Å². The highest BCUT2D eigenvalue weighted by Crippen LogP contribution is 2.32. The average molecular weight is 323 g/mol. The Kier molecular flexibility index (Phi) is 4.10. The zero-order valence-electron chi connectivity index (χ0n) is 10.9. The van der Waals surface area contributed by atoms with Crippen molar-refractivity contribution in [2.45, 2.75) is 13.0 Å². The van der Waals surface area contributed by atoms with E-state index in [4.69, 9.17) is 5.73 Å². The third-order valence-corrected chi connectivity index (χ3v) is 3.80. The molecule has 19 heavy (non-hydrogen) atoms. The van der Waals surface area contributed by atoms with Gasteiger partial charge < -0.3 is 10.6 Å². The maximum Gasteiger partial charge on any atom is 0.128 e. The van der Waals surface area contributed by atoms with Crippen LogP contribution in [0, 0.1) is 5.82 Å². The van der Waals surface area contributed by atoms with Crippen LogP contribution in [0.2, 0.25) is 0 Å². The Morgan fingerprint density at radius 2 is 1.89 bits per heavy atom. The number of benzene rings is 2. The SMILES string of the molecule is CC(c1ccccc1F)N(C)c1cc(Br)ccc1N. The van der Waals surface area contributed by atoms with E-state index < -0.39 is 0 Å². The molecule has 2 N–H and O–H groups in total. The molecule has 0 saturated heterocycles. The molecule has 2 aromatic carbocycles. The molecule has 2 rings (SSSR count). The molecule has 0 amide bonds. The van der Waals surface area contributed by atoms with Crippen molar-refractivity contribution in [3.05, 3.63) is 58.3 Å². The van der Waals surface area contributed by atoms with Gasteiger partial charge in [-0.05, 0) is 31.2 Å². The molecule has 0 aliphatic rings. The van der Waals surface area contributed by atoms with Crippen molar-refractivity contribution in [2.24, 2.45) is 0 Å². The summed E-state index contributed by atoms with van der Waals surface area (Å²) in [5.74, 6) is -0.199. The fourth-order valence-corrected chi connectivity index (χ4v) is 2.40. The van der Waals surface area contributed by atoms with E-state index in [9.17, 15) is 4.39 Å². The van der Waals surface area contributed by atoms with Crippen molar-refractivity contribution in [1.82, 2.24) is 0 Å². The van der Waals surface area contributed by atoms with Crippen LogP contribution in [0.15, 0.2) is 46.9 Å². The summed E-state index contributed by atoms with van der Waals surface area (Å²) < 4.78 is 14.8. The number of nitrogens with two attached hydrogens (primary N) is 1. The van der Waals surface area contributed by atoms with Crippen LogP contribution in [0.3, 0.4) is 0 Å². The summed E-state index contributed by atoms with van der Waals surface area (Å²) in [6.45, 7) is 1.96. The molecule has 0 bridgehead atoms. The lowest BCUT2D eigenvalue weighted by Gasteiger charge is -2.29. The predicted molar refractivity (Wildman–Crippen MR) is 81.8 cm³/mol. The summed E-state index contributed by atoms with van der Waals surface area (Å²) in [4.78, 5) is 1.97. The number of nitrogens with zero attached hydrogens (tertiary/aromatic N) is 1. The Hall–Kier alpha value is -1.55. The highest BCUT2D eigenvalue weighted by molar-refractivity contribution is 9.10. The van der Waals surface area contributed by atoms with E-state index in [2.05, 4.69) is 15.9 Å². The molecule has 1 unspecified atom stereocenters. The fourth-order valence-electron chi connectivity index (χ4n) is 2.05. The van der Waals surface area contributed by atoms with E-state index in [-0.39, 0.29) is 11.9 Å². The van der Waals surface area contributed by atoms with Crippen molar-refractivity contribution in [3.63, 3.8) is 0 Å². The highest BCUT2D eigenvalue weighted by Gasteiger charge is 2.17. The van der Waals surface area contributed by atoms with Gasteiger partial charge in [-0.15, -0.1) is 0 Å². The van der Waals surface area contributed by atoms with Crippen LogP contribution in [0.4, 0.5) is 15.8 Å².